The topological polar surface area (TPSA) is 36.7 Å². The smallest absolute Gasteiger partial charge is 0.180 e. The number of ketones is 1. The highest BCUT2D eigenvalue weighted by molar-refractivity contribution is 6.08. The van der Waals surface area contributed by atoms with Crippen LogP contribution in [0.5, 0.6) is 0 Å². The van der Waals surface area contributed by atoms with Crippen molar-refractivity contribution in [3.8, 4) is 0 Å². The molecule has 0 saturated carbocycles. The van der Waals surface area contributed by atoms with Crippen molar-refractivity contribution in [3.05, 3.63) is 36.1 Å². The molecule has 4 heteroatoms. The average molecular weight is 286 g/mol. The summed E-state index contributed by atoms with van der Waals surface area (Å²) in [6.07, 6.45) is 2.71. The lowest BCUT2D eigenvalue weighted by molar-refractivity contribution is 0.0901. The normalized spacial score (nSPS) is 21.5. The number of carbonyl (C=O) groups is 1. The van der Waals surface area contributed by atoms with Crippen molar-refractivity contribution in [1.29, 1.82) is 0 Å². The molecular formula is C17H22N2O2. The lowest BCUT2D eigenvalue weighted by Crippen LogP contribution is -2.40. The average Bonchev–Trinajstić information content (AvgIpc) is 2.83. The molecule has 1 unspecified atom stereocenters. The summed E-state index contributed by atoms with van der Waals surface area (Å²) < 4.78 is 5.48. The zero-order valence-corrected chi connectivity index (χ0v) is 12.7. The maximum Gasteiger partial charge on any atom is 0.180 e. The zero-order valence-electron chi connectivity index (χ0n) is 12.7. The maximum absolute atomic E-state index is 12.6. The Hall–Kier alpha value is -1.65. The number of furan rings is 1. The largest absolute Gasteiger partial charge is 0.464 e. The Morgan fingerprint density at radius 1 is 1.33 bits per heavy atom. The van der Waals surface area contributed by atoms with Gasteiger partial charge in [0.05, 0.1) is 12.1 Å². The summed E-state index contributed by atoms with van der Waals surface area (Å²) in [6.45, 7) is 5.76. The van der Waals surface area contributed by atoms with E-state index in [-0.39, 0.29) is 5.78 Å². The Balaban J connectivity index is 1.76. The van der Waals surface area contributed by atoms with Gasteiger partial charge < -0.3 is 9.32 Å². The number of likely N-dealkylation sites (N-methyl/N-ethyl adjacent to an activating group) is 1. The third-order valence-corrected chi connectivity index (χ3v) is 4.31. The van der Waals surface area contributed by atoms with Crippen LogP contribution < -0.4 is 0 Å². The molecule has 1 fully saturated rings. The Morgan fingerprint density at radius 2 is 2.14 bits per heavy atom. The highest BCUT2D eigenvalue weighted by Gasteiger charge is 2.23. The molecule has 1 saturated heterocycles. The first-order valence-corrected chi connectivity index (χ1v) is 7.57. The van der Waals surface area contributed by atoms with Gasteiger partial charge in [-0.1, -0.05) is 18.2 Å². The first-order chi connectivity index (χ1) is 10.1. The number of Topliss-reactive ketones (excluding diaryl/α,β-unsaturated/α-hetero) is 1. The molecule has 0 N–H and O–H groups in total. The molecule has 0 spiro atoms. The summed E-state index contributed by atoms with van der Waals surface area (Å²) in [4.78, 5) is 17.2. The van der Waals surface area contributed by atoms with Gasteiger partial charge >= 0.3 is 0 Å². The molecule has 3 rings (SSSR count). The zero-order chi connectivity index (χ0) is 14.8. The Morgan fingerprint density at radius 3 is 3.00 bits per heavy atom. The first-order valence-electron chi connectivity index (χ1n) is 7.57. The van der Waals surface area contributed by atoms with Gasteiger partial charge in [-0.3, -0.25) is 9.69 Å². The number of fused-ring (bicyclic) bond motifs is 1. The van der Waals surface area contributed by atoms with E-state index in [1.807, 2.05) is 24.3 Å². The van der Waals surface area contributed by atoms with Crippen molar-refractivity contribution < 1.29 is 9.21 Å². The highest BCUT2D eigenvalue weighted by atomic mass is 16.3. The van der Waals surface area contributed by atoms with Crippen LogP contribution in [-0.4, -0.2) is 54.9 Å². The lowest BCUT2D eigenvalue weighted by atomic mass is 10.1. The van der Waals surface area contributed by atoms with E-state index in [0.717, 1.165) is 37.0 Å². The first kappa shape index (κ1) is 14.3. The Bertz CT molecular complexity index is 635. The minimum atomic E-state index is 0.149. The van der Waals surface area contributed by atoms with E-state index in [1.54, 1.807) is 6.26 Å². The van der Waals surface area contributed by atoms with Crippen LogP contribution in [0.4, 0.5) is 0 Å². The van der Waals surface area contributed by atoms with E-state index in [1.165, 1.54) is 0 Å². The van der Waals surface area contributed by atoms with Crippen LogP contribution in [-0.2, 0) is 0 Å². The van der Waals surface area contributed by atoms with Gasteiger partial charge in [0.25, 0.3) is 0 Å². The van der Waals surface area contributed by atoms with Gasteiger partial charge in [0.1, 0.15) is 11.8 Å². The molecule has 1 aliphatic rings. The molecular weight excluding hydrogens is 264 g/mol. The Kier molecular flexibility index (Phi) is 4.08. The number of hydrogen-bond donors (Lipinski definition) is 0. The molecule has 112 valence electrons. The van der Waals surface area contributed by atoms with Gasteiger partial charge in [0, 0.05) is 24.5 Å². The summed E-state index contributed by atoms with van der Waals surface area (Å²) in [5.74, 6) is 0.149. The molecule has 1 aromatic heterocycles. The second-order valence-electron chi connectivity index (χ2n) is 6.00. The second kappa shape index (κ2) is 6.00. The summed E-state index contributed by atoms with van der Waals surface area (Å²) in [5, 5.41) is 0.919. The minimum absolute atomic E-state index is 0.149. The summed E-state index contributed by atoms with van der Waals surface area (Å²) in [7, 11) is 2.14. The monoisotopic (exact) mass is 286 g/mol. The SMILES string of the molecule is CC1CN(C)CCCN1CC(=O)c1coc2ccccc12. The highest BCUT2D eigenvalue weighted by Crippen LogP contribution is 2.22. The molecule has 1 aliphatic heterocycles. The van der Waals surface area contributed by atoms with Crippen LogP contribution in [0.1, 0.15) is 23.7 Å². The third-order valence-electron chi connectivity index (χ3n) is 4.31. The van der Waals surface area contributed by atoms with E-state index < -0.39 is 0 Å². The van der Waals surface area contributed by atoms with Crippen LogP contribution in [0.25, 0.3) is 11.0 Å². The van der Waals surface area contributed by atoms with Crippen molar-refractivity contribution in [3.63, 3.8) is 0 Å². The fourth-order valence-corrected chi connectivity index (χ4v) is 3.12. The van der Waals surface area contributed by atoms with Gasteiger partial charge in [0.15, 0.2) is 5.78 Å². The predicted molar refractivity (Wildman–Crippen MR) is 83.7 cm³/mol. The summed E-state index contributed by atoms with van der Waals surface area (Å²) >= 11 is 0. The van der Waals surface area contributed by atoms with E-state index in [4.69, 9.17) is 4.42 Å². The van der Waals surface area contributed by atoms with Gasteiger partial charge in [-0.2, -0.15) is 0 Å². The van der Waals surface area contributed by atoms with Gasteiger partial charge in [-0.05, 0) is 33.0 Å². The molecule has 0 radical (unpaired) electrons. The van der Waals surface area contributed by atoms with E-state index in [0.29, 0.717) is 18.2 Å². The molecule has 21 heavy (non-hydrogen) atoms. The molecule has 2 aromatic rings. The van der Waals surface area contributed by atoms with Crippen LogP contribution in [0, 0.1) is 0 Å². The predicted octanol–water partition coefficient (Wildman–Crippen LogP) is 2.64. The van der Waals surface area contributed by atoms with E-state index in [2.05, 4.69) is 23.8 Å². The molecule has 0 bridgehead atoms. The molecule has 1 aromatic carbocycles. The fourth-order valence-electron chi connectivity index (χ4n) is 3.12. The van der Waals surface area contributed by atoms with Crippen LogP contribution in [0.2, 0.25) is 0 Å². The van der Waals surface area contributed by atoms with Crippen molar-refractivity contribution in [2.24, 2.45) is 0 Å². The van der Waals surface area contributed by atoms with Crippen LogP contribution >= 0.6 is 0 Å². The summed E-state index contributed by atoms with van der Waals surface area (Å²) in [6, 6.07) is 8.12. The number of benzene rings is 1. The minimum Gasteiger partial charge on any atom is -0.464 e. The third kappa shape index (κ3) is 3.01. The fraction of sp³-hybridized carbons (Fsp3) is 0.471. The van der Waals surface area contributed by atoms with Crippen molar-refractivity contribution >= 4 is 16.8 Å². The molecule has 1 atom stereocenters. The lowest BCUT2D eigenvalue weighted by Gasteiger charge is -2.26. The number of rotatable bonds is 3. The van der Waals surface area contributed by atoms with E-state index in [9.17, 15) is 4.79 Å². The number of nitrogens with zero attached hydrogens (tertiary/aromatic N) is 2. The van der Waals surface area contributed by atoms with Gasteiger partial charge in [0.2, 0.25) is 0 Å². The van der Waals surface area contributed by atoms with E-state index >= 15 is 0 Å². The number of para-hydroxylation sites is 1. The van der Waals surface area contributed by atoms with Gasteiger partial charge in [-0.15, -0.1) is 0 Å². The second-order valence-corrected chi connectivity index (χ2v) is 6.00. The van der Waals surface area contributed by atoms with Crippen LogP contribution in [0.15, 0.2) is 34.9 Å². The molecule has 2 heterocycles. The summed E-state index contributed by atoms with van der Waals surface area (Å²) in [5.41, 5.74) is 1.49. The van der Waals surface area contributed by atoms with Crippen molar-refractivity contribution in [2.45, 2.75) is 19.4 Å². The molecule has 4 nitrogen and oxygen atoms in total. The molecule has 0 amide bonds. The standard InChI is InChI=1S/C17H22N2O2/c1-13-10-18(2)8-5-9-19(13)11-16(20)15-12-21-17-7-4-3-6-14(15)17/h3-4,6-7,12-13H,5,8-11H2,1-2H3. The molecule has 0 aliphatic carbocycles. The number of carbonyl (C=O) groups excluding carboxylic acids is 1. The van der Waals surface area contributed by atoms with Crippen molar-refractivity contribution in [2.75, 3.05) is 33.2 Å². The Labute approximate surface area is 125 Å². The number of hydrogen-bond acceptors (Lipinski definition) is 4. The van der Waals surface area contributed by atoms with Crippen molar-refractivity contribution in [1.82, 2.24) is 9.80 Å². The van der Waals surface area contributed by atoms with Crippen LogP contribution in [0.3, 0.4) is 0 Å². The van der Waals surface area contributed by atoms with Gasteiger partial charge in [-0.25, -0.2) is 0 Å². The quantitative estimate of drug-likeness (QED) is 0.813. The maximum atomic E-state index is 12.6.